The van der Waals surface area contributed by atoms with Gasteiger partial charge in [-0.15, -0.1) is 0 Å². The minimum atomic E-state index is 1.17. The lowest BCUT2D eigenvalue weighted by atomic mass is 9.91. The van der Waals surface area contributed by atoms with Crippen LogP contribution in [0.2, 0.25) is 0 Å². The van der Waals surface area contributed by atoms with Gasteiger partial charge in [-0.2, -0.15) is 12.6 Å². The van der Waals surface area contributed by atoms with E-state index in [1.807, 2.05) is 11.5 Å². The number of allylic oxidation sites excluding steroid dienone is 10. The smallest absolute Gasteiger partial charge is 0.0276 e. The molecule has 0 aromatic carbocycles. The van der Waals surface area contributed by atoms with Gasteiger partial charge in [-0.05, 0) is 54.7 Å². The highest BCUT2D eigenvalue weighted by molar-refractivity contribution is 7.83. The predicted octanol–water partition coefficient (Wildman–Crippen LogP) is 5.55. The van der Waals surface area contributed by atoms with E-state index in [0.717, 1.165) is 0 Å². The lowest BCUT2D eigenvalue weighted by molar-refractivity contribution is 0.693. The Bertz CT molecular complexity index is 417. The van der Waals surface area contributed by atoms with Crippen molar-refractivity contribution < 1.29 is 0 Å². The van der Waals surface area contributed by atoms with Crippen LogP contribution in [0.1, 0.15) is 32.6 Å². The average molecular weight is 258 g/mol. The summed E-state index contributed by atoms with van der Waals surface area (Å²) in [4.78, 5) is 0. The average Bonchev–Trinajstić information content (AvgIpc) is 2.41. The Morgan fingerprint density at radius 2 is 1.78 bits per heavy atom. The van der Waals surface area contributed by atoms with Crippen LogP contribution in [0.15, 0.2) is 71.2 Å². The van der Waals surface area contributed by atoms with Crippen molar-refractivity contribution in [3.05, 3.63) is 71.2 Å². The molecule has 1 rings (SSSR count). The molecule has 0 spiro atoms. The van der Waals surface area contributed by atoms with Crippen molar-refractivity contribution in [3.8, 4) is 0 Å². The van der Waals surface area contributed by atoms with Crippen LogP contribution in [0, 0.1) is 0 Å². The van der Waals surface area contributed by atoms with Crippen molar-refractivity contribution >= 4 is 12.6 Å². The second-order valence-corrected chi connectivity index (χ2v) is 4.59. The highest BCUT2D eigenvalue weighted by Gasteiger charge is 2.07. The van der Waals surface area contributed by atoms with Gasteiger partial charge in [0.25, 0.3) is 0 Å². The van der Waals surface area contributed by atoms with E-state index in [9.17, 15) is 0 Å². The first-order chi connectivity index (χ1) is 8.81. The maximum absolute atomic E-state index is 4.17. The van der Waals surface area contributed by atoms with E-state index in [0.29, 0.717) is 0 Å². The third-order valence-electron chi connectivity index (χ3n) is 3.07. The molecule has 18 heavy (non-hydrogen) atoms. The van der Waals surface area contributed by atoms with Crippen LogP contribution in [-0.4, -0.2) is 0 Å². The lowest BCUT2D eigenvalue weighted by Crippen LogP contribution is -1.95. The summed E-state index contributed by atoms with van der Waals surface area (Å²) >= 11 is 4.17. The minimum Gasteiger partial charge on any atom is -0.151 e. The summed E-state index contributed by atoms with van der Waals surface area (Å²) in [5, 5.41) is 1.84. The molecule has 96 valence electrons. The normalized spacial score (nSPS) is 18.4. The summed E-state index contributed by atoms with van der Waals surface area (Å²) in [5.74, 6) is 0. The summed E-state index contributed by atoms with van der Waals surface area (Å²) < 4.78 is 0. The van der Waals surface area contributed by atoms with Gasteiger partial charge in [0.2, 0.25) is 0 Å². The van der Waals surface area contributed by atoms with Crippen molar-refractivity contribution in [3.63, 3.8) is 0 Å². The molecule has 0 bridgehead atoms. The number of hydrogen-bond acceptors (Lipinski definition) is 1. The molecule has 0 aliphatic heterocycles. The van der Waals surface area contributed by atoms with Crippen LogP contribution in [0.25, 0.3) is 0 Å². The Hall–Kier alpha value is -1.21. The van der Waals surface area contributed by atoms with Crippen LogP contribution in [0.5, 0.6) is 0 Å². The number of hydrogen-bond donors (Lipinski definition) is 1. The molecule has 0 saturated heterocycles. The van der Waals surface area contributed by atoms with E-state index in [1.165, 1.54) is 42.4 Å². The van der Waals surface area contributed by atoms with Gasteiger partial charge in [-0.3, -0.25) is 0 Å². The molecular formula is C17H22S. The SMILES string of the molecule is C=C\C=C/C(/C=C\C1=C(/C=C/S)CCCC1)=C\C. The van der Waals surface area contributed by atoms with Gasteiger partial charge in [-0.1, -0.05) is 49.1 Å². The van der Waals surface area contributed by atoms with Gasteiger partial charge in [0.1, 0.15) is 0 Å². The zero-order chi connectivity index (χ0) is 13.2. The van der Waals surface area contributed by atoms with Crippen molar-refractivity contribution in [1.29, 1.82) is 0 Å². The second kappa shape index (κ2) is 8.82. The molecule has 1 aliphatic carbocycles. The Morgan fingerprint density at radius 3 is 2.33 bits per heavy atom. The predicted molar refractivity (Wildman–Crippen MR) is 85.9 cm³/mol. The monoisotopic (exact) mass is 258 g/mol. The second-order valence-electron chi connectivity index (χ2n) is 4.29. The fraction of sp³-hybridized carbons (Fsp3) is 0.294. The van der Waals surface area contributed by atoms with E-state index >= 15 is 0 Å². The largest absolute Gasteiger partial charge is 0.151 e. The summed E-state index contributed by atoms with van der Waals surface area (Å²) in [6.45, 7) is 5.74. The van der Waals surface area contributed by atoms with Crippen LogP contribution in [0.4, 0.5) is 0 Å². The Morgan fingerprint density at radius 1 is 1.11 bits per heavy atom. The van der Waals surface area contributed by atoms with Gasteiger partial charge in [0.15, 0.2) is 0 Å². The van der Waals surface area contributed by atoms with Crippen molar-refractivity contribution in [2.45, 2.75) is 32.6 Å². The molecule has 0 N–H and O–H groups in total. The molecule has 1 aliphatic rings. The number of rotatable bonds is 5. The highest BCUT2D eigenvalue weighted by atomic mass is 32.1. The van der Waals surface area contributed by atoms with Gasteiger partial charge in [0, 0.05) is 0 Å². The molecule has 0 heterocycles. The Labute approximate surface area is 117 Å². The molecule has 0 saturated carbocycles. The standard InChI is InChI=1S/C17H22S/c1-3-5-8-15(4-2)11-12-16-9-6-7-10-17(16)13-14-18/h3-5,8,11-14,18H,1,6-7,9-10H2,2H3/b8-5-,12-11-,14-13+,15-4+. The first kappa shape index (κ1) is 14.8. The molecule has 0 fully saturated rings. The van der Waals surface area contributed by atoms with Gasteiger partial charge < -0.3 is 0 Å². The third kappa shape index (κ3) is 4.97. The van der Waals surface area contributed by atoms with Crippen LogP contribution in [-0.2, 0) is 0 Å². The van der Waals surface area contributed by atoms with Crippen molar-refractivity contribution in [2.24, 2.45) is 0 Å². The molecule has 0 unspecified atom stereocenters. The van der Waals surface area contributed by atoms with Crippen LogP contribution in [0.3, 0.4) is 0 Å². The first-order valence-electron chi connectivity index (χ1n) is 6.48. The highest BCUT2D eigenvalue weighted by Crippen LogP contribution is 2.27. The molecule has 0 aromatic rings. The fourth-order valence-electron chi connectivity index (χ4n) is 2.05. The summed E-state index contributed by atoms with van der Waals surface area (Å²) in [6, 6.07) is 0. The minimum absolute atomic E-state index is 1.17. The first-order valence-corrected chi connectivity index (χ1v) is 6.99. The van der Waals surface area contributed by atoms with Crippen molar-refractivity contribution in [1.82, 2.24) is 0 Å². The maximum atomic E-state index is 4.17. The van der Waals surface area contributed by atoms with Gasteiger partial charge >= 0.3 is 0 Å². The zero-order valence-electron chi connectivity index (χ0n) is 11.1. The third-order valence-corrected chi connectivity index (χ3v) is 3.21. The summed E-state index contributed by atoms with van der Waals surface area (Å²) in [6.07, 6.45) is 19.4. The Kier molecular flexibility index (Phi) is 7.28. The van der Waals surface area contributed by atoms with Crippen LogP contribution < -0.4 is 0 Å². The van der Waals surface area contributed by atoms with E-state index in [-0.39, 0.29) is 0 Å². The van der Waals surface area contributed by atoms with Gasteiger partial charge in [0.05, 0.1) is 0 Å². The van der Waals surface area contributed by atoms with Gasteiger partial charge in [-0.25, -0.2) is 0 Å². The molecule has 0 atom stereocenters. The topological polar surface area (TPSA) is 0 Å². The van der Waals surface area contributed by atoms with E-state index in [4.69, 9.17) is 0 Å². The maximum Gasteiger partial charge on any atom is -0.0276 e. The van der Waals surface area contributed by atoms with E-state index in [2.05, 4.69) is 56.5 Å². The summed E-state index contributed by atoms with van der Waals surface area (Å²) in [7, 11) is 0. The molecule has 0 amide bonds. The number of thiol groups is 1. The van der Waals surface area contributed by atoms with Crippen molar-refractivity contribution in [2.75, 3.05) is 0 Å². The molecule has 0 aromatic heterocycles. The zero-order valence-corrected chi connectivity index (χ0v) is 12.0. The molecule has 0 nitrogen and oxygen atoms in total. The lowest BCUT2D eigenvalue weighted by Gasteiger charge is -2.15. The quantitative estimate of drug-likeness (QED) is 0.485. The summed E-state index contributed by atoms with van der Waals surface area (Å²) in [5.41, 5.74) is 4.08. The van der Waals surface area contributed by atoms with E-state index < -0.39 is 0 Å². The molecule has 1 heteroatoms. The Balaban J connectivity index is 2.85. The molecular weight excluding hydrogens is 236 g/mol. The van der Waals surface area contributed by atoms with Crippen LogP contribution >= 0.6 is 12.6 Å². The fourth-order valence-corrected chi connectivity index (χ4v) is 2.23. The van der Waals surface area contributed by atoms with E-state index in [1.54, 1.807) is 6.08 Å². The molecule has 0 radical (unpaired) electrons.